The summed E-state index contributed by atoms with van der Waals surface area (Å²) in [7, 11) is 1.37. The fraction of sp³-hybridized carbons (Fsp3) is 0.174. The zero-order valence-electron chi connectivity index (χ0n) is 17.0. The Morgan fingerprint density at radius 2 is 1.93 bits per heavy atom. The summed E-state index contributed by atoms with van der Waals surface area (Å²) in [6.45, 7) is 4.08. The number of ether oxygens (including phenoxy) is 1. The highest BCUT2D eigenvalue weighted by Crippen LogP contribution is 2.29. The van der Waals surface area contributed by atoms with Crippen molar-refractivity contribution in [3.8, 4) is 22.6 Å². The van der Waals surface area contributed by atoms with Gasteiger partial charge in [-0.05, 0) is 43.2 Å². The molecule has 30 heavy (non-hydrogen) atoms. The van der Waals surface area contributed by atoms with Crippen molar-refractivity contribution >= 4 is 18.6 Å². The summed E-state index contributed by atoms with van der Waals surface area (Å²) in [6, 6.07) is 15.5. The molecule has 0 saturated carbocycles. The lowest BCUT2D eigenvalue weighted by atomic mass is 10.1. The molecule has 0 N–H and O–H groups in total. The van der Waals surface area contributed by atoms with E-state index in [9.17, 15) is 4.79 Å². The van der Waals surface area contributed by atoms with Crippen molar-refractivity contribution in [3.05, 3.63) is 77.7 Å². The van der Waals surface area contributed by atoms with Gasteiger partial charge in [0.15, 0.2) is 5.16 Å². The number of carbonyl (C=O) groups is 1. The fourth-order valence-corrected chi connectivity index (χ4v) is 3.78. The third-order valence-electron chi connectivity index (χ3n) is 5.06. The van der Waals surface area contributed by atoms with Gasteiger partial charge in [0.2, 0.25) is 0 Å². The van der Waals surface area contributed by atoms with Crippen LogP contribution < -0.4 is 0 Å². The highest BCUT2D eigenvalue weighted by Gasteiger charge is 2.18. The third-order valence-corrected chi connectivity index (χ3v) is 5.37. The van der Waals surface area contributed by atoms with Crippen LogP contribution in [0.15, 0.2) is 66.1 Å². The molecule has 4 rings (SSSR count). The minimum absolute atomic E-state index is 0.380. The quantitative estimate of drug-likeness (QED) is 0.378. The third kappa shape index (κ3) is 3.52. The van der Waals surface area contributed by atoms with Gasteiger partial charge in [0, 0.05) is 11.8 Å². The van der Waals surface area contributed by atoms with Gasteiger partial charge in [-0.25, -0.2) is 14.5 Å². The number of rotatable bonds is 5. The molecule has 0 amide bonds. The molecule has 0 saturated heterocycles. The van der Waals surface area contributed by atoms with E-state index in [0.29, 0.717) is 10.7 Å². The van der Waals surface area contributed by atoms with Crippen LogP contribution in [0, 0.1) is 6.92 Å². The van der Waals surface area contributed by atoms with Crippen molar-refractivity contribution in [3.63, 3.8) is 0 Å². The topological polar surface area (TPSA) is 61.9 Å². The molecule has 0 atom stereocenters. The first-order chi connectivity index (χ1) is 14.5. The van der Waals surface area contributed by atoms with E-state index in [2.05, 4.69) is 29.6 Å². The van der Waals surface area contributed by atoms with Crippen LogP contribution in [-0.4, -0.2) is 32.4 Å². The predicted octanol–water partition coefficient (Wildman–Crippen LogP) is 4.67. The van der Waals surface area contributed by atoms with Gasteiger partial charge in [0.05, 0.1) is 41.6 Å². The molecule has 0 unspecified atom stereocenters. The molecule has 6 nitrogen and oxygen atoms in total. The van der Waals surface area contributed by atoms with E-state index < -0.39 is 0 Å². The molecule has 7 heteroatoms. The molecular weight excluding hydrogens is 396 g/mol. The maximum Gasteiger partial charge on any atom is 0.337 e. The van der Waals surface area contributed by atoms with Gasteiger partial charge in [0.1, 0.15) is 0 Å². The molecule has 0 aliphatic heterocycles. The average Bonchev–Trinajstić information content (AvgIpc) is 3.37. The highest BCUT2D eigenvalue weighted by atomic mass is 32.1. The molecule has 4 aromatic rings. The Morgan fingerprint density at radius 3 is 2.63 bits per heavy atom. The Bertz CT molecular complexity index is 1210. The van der Waals surface area contributed by atoms with Gasteiger partial charge in [-0.2, -0.15) is 5.10 Å². The number of methoxy groups -OCH3 is 1. The monoisotopic (exact) mass is 418 g/mol. The number of imidazole rings is 1. The summed E-state index contributed by atoms with van der Waals surface area (Å²) in [6.07, 6.45) is 4.57. The van der Waals surface area contributed by atoms with Gasteiger partial charge in [0.25, 0.3) is 0 Å². The van der Waals surface area contributed by atoms with Crippen molar-refractivity contribution in [2.24, 2.45) is 0 Å². The van der Waals surface area contributed by atoms with Crippen molar-refractivity contribution < 1.29 is 9.53 Å². The number of hydrogen-bond donors (Lipinski definition) is 1. The summed E-state index contributed by atoms with van der Waals surface area (Å²) in [5, 5.41) is 5.12. The number of thiol groups is 1. The zero-order valence-corrected chi connectivity index (χ0v) is 17.9. The molecule has 0 bridgehead atoms. The summed E-state index contributed by atoms with van der Waals surface area (Å²) in [5.41, 5.74) is 6.12. The molecule has 0 fully saturated rings. The van der Waals surface area contributed by atoms with Crippen LogP contribution in [0.1, 0.15) is 28.5 Å². The standard InChI is InChI=1S/C23H22N4O2S/c1-4-20-18(13-24-27(20)17-8-6-5-7-9-17)19-14-26(23(30)25-19)21-12-16(22(28)29-3)11-10-15(21)2/h5-14H,4H2,1-3H3,(H,25,30). The van der Waals surface area contributed by atoms with Gasteiger partial charge >= 0.3 is 5.97 Å². The SMILES string of the molecule is CCc1c(-c2cn(-c3cc(C(=O)OC)ccc3C)c(S)n2)cnn1-c1ccccc1. The van der Waals surface area contributed by atoms with Gasteiger partial charge in [-0.15, -0.1) is 12.6 Å². The van der Waals surface area contributed by atoms with Crippen LogP contribution in [0.5, 0.6) is 0 Å². The summed E-state index contributed by atoms with van der Waals surface area (Å²) < 4.78 is 8.67. The average molecular weight is 419 g/mol. The van der Waals surface area contributed by atoms with Crippen molar-refractivity contribution in [1.82, 2.24) is 19.3 Å². The van der Waals surface area contributed by atoms with E-state index in [1.54, 1.807) is 12.1 Å². The Balaban J connectivity index is 1.80. The fourth-order valence-electron chi connectivity index (χ4n) is 3.51. The molecule has 152 valence electrons. The predicted molar refractivity (Wildman–Crippen MR) is 119 cm³/mol. The molecule has 0 spiro atoms. The van der Waals surface area contributed by atoms with Crippen molar-refractivity contribution in [2.75, 3.05) is 7.11 Å². The lowest BCUT2D eigenvalue weighted by molar-refractivity contribution is 0.0600. The molecule has 2 heterocycles. The normalized spacial score (nSPS) is 10.9. The maximum absolute atomic E-state index is 12.0. The van der Waals surface area contributed by atoms with E-state index in [1.165, 1.54) is 7.11 Å². The second-order valence-electron chi connectivity index (χ2n) is 6.89. The number of hydrogen-bond acceptors (Lipinski definition) is 5. The van der Waals surface area contributed by atoms with Gasteiger partial charge in [-0.1, -0.05) is 31.2 Å². The number of esters is 1. The highest BCUT2D eigenvalue weighted by molar-refractivity contribution is 7.80. The lowest BCUT2D eigenvalue weighted by Crippen LogP contribution is -2.04. The Morgan fingerprint density at radius 1 is 1.17 bits per heavy atom. The van der Waals surface area contributed by atoms with Crippen LogP contribution in [0.25, 0.3) is 22.6 Å². The molecule has 0 aliphatic rings. The van der Waals surface area contributed by atoms with E-state index in [0.717, 1.165) is 40.3 Å². The molecule has 0 aliphatic carbocycles. The molecule has 2 aromatic heterocycles. The smallest absolute Gasteiger partial charge is 0.337 e. The van der Waals surface area contributed by atoms with Crippen LogP contribution in [-0.2, 0) is 11.2 Å². The first kappa shape index (κ1) is 20.0. The van der Waals surface area contributed by atoms with Gasteiger partial charge in [-0.3, -0.25) is 4.57 Å². The molecule has 0 radical (unpaired) electrons. The number of aryl methyl sites for hydroxylation is 1. The van der Waals surface area contributed by atoms with Crippen LogP contribution in [0.3, 0.4) is 0 Å². The summed E-state index contributed by atoms with van der Waals surface area (Å²) >= 11 is 4.59. The summed E-state index contributed by atoms with van der Waals surface area (Å²) in [5.74, 6) is -0.380. The Hall–Kier alpha value is -3.32. The summed E-state index contributed by atoms with van der Waals surface area (Å²) in [4.78, 5) is 16.6. The number of benzene rings is 2. The van der Waals surface area contributed by atoms with E-state index >= 15 is 0 Å². The van der Waals surface area contributed by atoms with Crippen LogP contribution in [0.4, 0.5) is 0 Å². The second-order valence-corrected chi connectivity index (χ2v) is 7.29. The van der Waals surface area contributed by atoms with E-state index in [4.69, 9.17) is 4.74 Å². The van der Waals surface area contributed by atoms with Crippen molar-refractivity contribution in [1.29, 1.82) is 0 Å². The lowest BCUT2D eigenvalue weighted by Gasteiger charge is -2.10. The number of nitrogens with zero attached hydrogens (tertiary/aromatic N) is 4. The number of aromatic nitrogens is 4. The van der Waals surface area contributed by atoms with Crippen molar-refractivity contribution in [2.45, 2.75) is 25.4 Å². The minimum atomic E-state index is -0.380. The first-order valence-electron chi connectivity index (χ1n) is 9.63. The number of para-hydroxylation sites is 1. The van der Waals surface area contributed by atoms with Crippen LogP contribution >= 0.6 is 12.6 Å². The van der Waals surface area contributed by atoms with Crippen LogP contribution in [0.2, 0.25) is 0 Å². The number of carbonyl (C=O) groups excluding carboxylic acids is 1. The van der Waals surface area contributed by atoms with E-state index in [1.807, 2.05) is 65.0 Å². The second kappa shape index (κ2) is 8.20. The van der Waals surface area contributed by atoms with Gasteiger partial charge < -0.3 is 4.74 Å². The maximum atomic E-state index is 12.0. The Kier molecular flexibility index (Phi) is 5.46. The molecule has 2 aromatic carbocycles. The minimum Gasteiger partial charge on any atom is -0.465 e. The molecular formula is C23H22N4O2S. The Labute approximate surface area is 180 Å². The largest absolute Gasteiger partial charge is 0.465 e. The zero-order chi connectivity index (χ0) is 21.3. The van der Waals surface area contributed by atoms with E-state index in [-0.39, 0.29) is 5.97 Å². The first-order valence-corrected chi connectivity index (χ1v) is 10.1.